The first-order valence-electron chi connectivity index (χ1n) is 6.55. The van der Waals surface area contributed by atoms with Crippen molar-refractivity contribution >= 4 is 5.78 Å². The van der Waals surface area contributed by atoms with Crippen LogP contribution in [0, 0.1) is 0 Å². The molecule has 1 aromatic carbocycles. The van der Waals surface area contributed by atoms with Gasteiger partial charge in [-0.15, -0.1) is 0 Å². The Hall–Kier alpha value is -2.20. The Balaban J connectivity index is 1.99. The Morgan fingerprint density at radius 3 is 2.70 bits per heavy atom. The smallest absolute Gasteiger partial charge is 0.185 e. The number of rotatable bonds is 6. The first-order chi connectivity index (χ1) is 9.72. The minimum Gasteiger partial charge on any atom is -0.494 e. The molecule has 104 valence electrons. The molecule has 0 radical (unpaired) electrons. The van der Waals surface area contributed by atoms with Gasteiger partial charge in [-0.25, -0.2) is 4.98 Å². The van der Waals surface area contributed by atoms with E-state index in [2.05, 4.69) is 4.98 Å². The summed E-state index contributed by atoms with van der Waals surface area (Å²) in [5.41, 5.74) is 7.49. The Kier molecular flexibility index (Phi) is 4.85. The molecule has 20 heavy (non-hydrogen) atoms. The SMILES string of the molecule is COc1cccnc1C(=O)CCC(N)c1ccccc1. The van der Waals surface area contributed by atoms with Gasteiger partial charge >= 0.3 is 0 Å². The first kappa shape index (κ1) is 14.2. The number of nitrogens with two attached hydrogens (primary N) is 1. The quantitative estimate of drug-likeness (QED) is 0.820. The van der Waals surface area contributed by atoms with E-state index in [1.54, 1.807) is 18.3 Å². The van der Waals surface area contributed by atoms with E-state index in [1.165, 1.54) is 7.11 Å². The van der Waals surface area contributed by atoms with Gasteiger partial charge in [0.2, 0.25) is 0 Å². The zero-order valence-corrected chi connectivity index (χ0v) is 11.5. The second-order valence-corrected chi connectivity index (χ2v) is 4.53. The lowest BCUT2D eigenvalue weighted by molar-refractivity contribution is 0.0969. The fourth-order valence-corrected chi connectivity index (χ4v) is 2.04. The van der Waals surface area contributed by atoms with Crippen LogP contribution in [0.1, 0.15) is 34.9 Å². The average Bonchev–Trinajstić information content (AvgIpc) is 2.53. The molecule has 1 heterocycles. The van der Waals surface area contributed by atoms with Crippen molar-refractivity contribution < 1.29 is 9.53 Å². The van der Waals surface area contributed by atoms with Crippen molar-refractivity contribution in [2.24, 2.45) is 5.73 Å². The number of nitrogens with zero attached hydrogens (tertiary/aromatic N) is 1. The van der Waals surface area contributed by atoms with E-state index in [4.69, 9.17) is 10.5 Å². The van der Waals surface area contributed by atoms with Gasteiger partial charge in [-0.3, -0.25) is 4.79 Å². The second-order valence-electron chi connectivity index (χ2n) is 4.53. The maximum absolute atomic E-state index is 12.2. The van der Waals surface area contributed by atoms with Crippen LogP contribution in [0.5, 0.6) is 5.75 Å². The number of hydrogen-bond donors (Lipinski definition) is 1. The normalized spacial score (nSPS) is 11.9. The molecule has 0 fully saturated rings. The lowest BCUT2D eigenvalue weighted by Crippen LogP contribution is -2.13. The van der Waals surface area contributed by atoms with Crippen LogP contribution in [-0.4, -0.2) is 17.9 Å². The summed E-state index contributed by atoms with van der Waals surface area (Å²) in [4.78, 5) is 16.2. The zero-order chi connectivity index (χ0) is 14.4. The van der Waals surface area contributed by atoms with Crippen molar-refractivity contribution in [3.8, 4) is 5.75 Å². The minimum absolute atomic E-state index is 0.0474. The summed E-state index contributed by atoms with van der Waals surface area (Å²) in [6.07, 6.45) is 2.53. The highest BCUT2D eigenvalue weighted by atomic mass is 16.5. The fraction of sp³-hybridized carbons (Fsp3) is 0.250. The number of carbonyl (C=O) groups excluding carboxylic acids is 1. The van der Waals surface area contributed by atoms with Crippen LogP contribution in [-0.2, 0) is 0 Å². The summed E-state index contributed by atoms with van der Waals surface area (Å²) >= 11 is 0. The highest BCUT2D eigenvalue weighted by Crippen LogP contribution is 2.20. The minimum atomic E-state index is -0.144. The number of Topliss-reactive ketones (excluding diaryl/α,β-unsaturated/α-hetero) is 1. The van der Waals surface area contributed by atoms with Gasteiger partial charge in [0.25, 0.3) is 0 Å². The van der Waals surface area contributed by atoms with Crippen LogP contribution >= 0.6 is 0 Å². The third-order valence-electron chi connectivity index (χ3n) is 3.16. The predicted octanol–water partition coefficient (Wildman–Crippen LogP) is 2.75. The Morgan fingerprint density at radius 1 is 1.25 bits per heavy atom. The number of ether oxygens (including phenoxy) is 1. The van der Waals surface area contributed by atoms with E-state index in [9.17, 15) is 4.79 Å². The molecular formula is C16H18N2O2. The summed E-state index contributed by atoms with van der Waals surface area (Å²) in [5, 5.41) is 0. The molecule has 4 nitrogen and oxygen atoms in total. The van der Waals surface area contributed by atoms with Gasteiger partial charge in [-0.2, -0.15) is 0 Å². The van der Waals surface area contributed by atoms with Crippen molar-refractivity contribution in [2.75, 3.05) is 7.11 Å². The van der Waals surface area contributed by atoms with E-state index in [0.717, 1.165) is 5.56 Å². The summed E-state index contributed by atoms with van der Waals surface area (Å²) in [6, 6.07) is 13.1. The van der Waals surface area contributed by atoms with Gasteiger partial charge in [0.05, 0.1) is 7.11 Å². The molecule has 4 heteroatoms. The highest BCUT2D eigenvalue weighted by Gasteiger charge is 2.15. The topological polar surface area (TPSA) is 65.2 Å². The molecular weight excluding hydrogens is 252 g/mol. The maximum atomic E-state index is 12.2. The van der Waals surface area contributed by atoms with E-state index in [0.29, 0.717) is 24.3 Å². The van der Waals surface area contributed by atoms with E-state index < -0.39 is 0 Å². The molecule has 0 aliphatic carbocycles. The van der Waals surface area contributed by atoms with Crippen molar-refractivity contribution in [1.29, 1.82) is 0 Å². The van der Waals surface area contributed by atoms with Gasteiger partial charge in [0, 0.05) is 18.7 Å². The third-order valence-corrected chi connectivity index (χ3v) is 3.16. The van der Waals surface area contributed by atoms with E-state index >= 15 is 0 Å². The molecule has 0 aliphatic rings. The molecule has 0 bridgehead atoms. The van der Waals surface area contributed by atoms with Crippen LogP contribution in [0.2, 0.25) is 0 Å². The largest absolute Gasteiger partial charge is 0.494 e. The van der Waals surface area contributed by atoms with E-state index in [-0.39, 0.29) is 11.8 Å². The number of hydrogen-bond acceptors (Lipinski definition) is 4. The summed E-state index contributed by atoms with van der Waals surface area (Å²) < 4.78 is 5.14. The van der Waals surface area contributed by atoms with Crippen LogP contribution in [0.25, 0.3) is 0 Å². The maximum Gasteiger partial charge on any atom is 0.185 e. The van der Waals surface area contributed by atoms with E-state index in [1.807, 2.05) is 30.3 Å². The van der Waals surface area contributed by atoms with Crippen LogP contribution in [0.3, 0.4) is 0 Å². The monoisotopic (exact) mass is 270 g/mol. The molecule has 2 N–H and O–H groups in total. The molecule has 0 amide bonds. The second kappa shape index (κ2) is 6.82. The molecule has 0 saturated heterocycles. The van der Waals surface area contributed by atoms with Gasteiger partial charge in [-0.05, 0) is 24.1 Å². The molecule has 1 aromatic heterocycles. The lowest BCUT2D eigenvalue weighted by Gasteiger charge is -2.11. The van der Waals surface area contributed by atoms with Crippen LogP contribution in [0.4, 0.5) is 0 Å². The molecule has 1 atom stereocenters. The summed E-state index contributed by atoms with van der Waals surface area (Å²) in [5.74, 6) is 0.458. The Labute approximate surface area is 118 Å². The van der Waals surface area contributed by atoms with Crippen molar-refractivity contribution in [3.63, 3.8) is 0 Å². The van der Waals surface area contributed by atoms with Crippen molar-refractivity contribution in [1.82, 2.24) is 4.98 Å². The summed E-state index contributed by atoms with van der Waals surface area (Å²) in [7, 11) is 1.53. The predicted molar refractivity (Wildman–Crippen MR) is 77.7 cm³/mol. The Bertz CT molecular complexity index is 570. The highest BCUT2D eigenvalue weighted by molar-refractivity contribution is 5.96. The fourth-order valence-electron chi connectivity index (χ4n) is 2.04. The Morgan fingerprint density at radius 2 is 2.00 bits per heavy atom. The zero-order valence-electron chi connectivity index (χ0n) is 11.5. The third kappa shape index (κ3) is 3.42. The van der Waals surface area contributed by atoms with Gasteiger partial charge in [0.1, 0.15) is 11.4 Å². The number of pyridine rings is 1. The van der Waals surface area contributed by atoms with Crippen LogP contribution in [0.15, 0.2) is 48.7 Å². The van der Waals surface area contributed by atoms with Crippen molar-refractivity contribution in [3.05, 3.63) is 59.9 Å². The molecule has 0 spiro atoms. The standard InChI is InChI=1S/C16H18N2O2/c1-20-15-8-5-11-18-16(15)14(19)10-9-13(17)12-6-3-2-4-7-12/h2-8,11,13H,9-10,17H2,1H3. The average molecular weight is 270 g/mol. The lowest BCUT2D eigenvalue weighted by atomic mass is 10.0. The van der Waals surface area contributed by atoms with Crippen molar-refractivity contribution in [2.45, 2.75) is 18.9 Å². The van der Waals surface area contributed by atoms with Gasteiger partial charge < -0.3 is 10.5 Å². The molecule has 0 saturated carbocycles. The number of methoxy groups -OCH3 is 1. The molecule has 0 aliphatic heterocycles. The molecule has 2 aromatic rings. The number of benzene rings is 1. The molecule has 1 unspecified atom stereocenters. The molecule has 2 rings (SSSR count). The summed E-state index contributed by atoms with van der Waals surface area (Å²) in [6.45, 7) is 0. The first-order valence-corrected chi connectivity index (χ1v) is 6.55. The van der Waals surface area contributed by atoms with Crippen LogP contribution < -0.4 is 10.5 Å². The number of aromatic nitrogens is 1. The van der Waals surface area contributed by atoms with Gasteiger partial charge in [0.15, 0.2) is 5.78 Å². The number of carbonyl (C=O) groups is 1. The number of ketones is 1. The van der Waals surface area contributed by atoms with Gasteiger partial charge in [-0.1, -0.05) is 30.3 Å².